The number of carbonyl (C=O) groups is 1. The Bertz CT molecular complexity index is 896. The van der Waals surface area contributed by atoms with E-state index in [4.69, 9.17) is 10.2 Å². The van der Waals surface area contributed by atoms with Gasteiger partial charge in [-0.1, -0.05) is 38.1 Å². The van der Waals surface area contributed by atoms with Gasteiger partial charge < -0.3 is 15.5 Å². The van der Waals surface area contributed by atoms with Crippen LogP contribution in [0.1, 0.15) is 48.4 Å². The highest BCUT2D eigenvalue weighted by molar-refractivity contribution is 7.13. The Labute approximate surface area is 163 Å². The van der Waals surface area contributed by atoms with Gasteiger partial charge in [-0.25, -0.2) is 4.98 Å². The van der Waals surface area contributed by atoms with Crippen LogP contribution in [0.3, 0.4) is 0 Å². The number of nitrogens with two attached hydrogens (primary N) is 1. The fourth-order valence-electron chi connectivity index (χ4n) is 2.75. The number of hydrogen-bond donors (Lipinski definition) is 2. The van der Waals surface area contributed by atoms with Crippen LogP contribution in [0.25, 0.3) is 10.8 Å². The van der Waals surface area contributed by atoms with E-state index in [0.29, 0.717) is 12.5 Å². The highest BCUT2D eigenvalue weighted by Crippen LogP contribution is 2.25. The lowest BCUT2D eigenvalue weighted by Gasteiger charge is -2.14. The van der Waals surface area contributed by atoms with Crippen molar-refractivity contribution in [2.75, 3.05) is 6.54 Å². The van der Waals surface area contributed by atoms with Gasteiger partial charge in [-0.15, -0.1) is 11.3 Å². The fourth-order valence-corrected chi connectivity index (χ4v) is 3.53. The molecule has 1 unspecified atom stereocenters. The molecule has 6 heteroatoms. The number of nitrogens with zero attached hydrogens (tertiary/aromatic N) is 1. The van der Waals surface area contributed by atoms with Gasteiger partial charge >= 0.3 is 0 Å². The van der Waals surface area contributed by atoms with E-state index in [1.165, 1.54) is 16.9 Å². The van der Waals surface area contributed by atoms with Gasteiger partial charge in [-0.3, -0.25) is 4.79 Å². The monoisotopic (exact) mass is 383 g/mol. The molecule has 3 N–H and O–H groups in total. The first kappa shape index (κ1) is 19.3. The Kier molecular flexibility index (Phi) is 6.08. The second kappa shape index (κ2) is 8.50. The summed E-state index contributed by atoms with van der Waals surface area (Å²) in [4.78, 5) is 16.7. The van der Waals surface area contributed by atoms with Crippen molar-refractivity contribution in [2.45, 2.75) is 39.2 Å². The molecule has 0 saturated heterocycles. The lowest BCUT2D eigenvalue weighted by Crippen LogP contribution is -2.32. The van der Waals surface area contributed by atoms with Gasteiger partial charge in [0.05, 0.1) is 12.1 Å². The van der Waals surface area contributed by atoms with Crippen LogP contribution in [0.4, 0.5) is 0 Å². The zero-order chi connectivity index (χ0) is 19.4. The van der Waals surface area contributed by atoms with E-state index < -0.39 is 0 Å². The molecular weight excluding hydrogens is 358 g/mol. The molecule has 0 fully saturated rings. The molecule has 3 rings (SSSR count). The van der Waals surface area contributed by atoms with Crippen LogP contribution >= 0.6 is 11.3 Å². The lowest BCUT2D eigenvalue weighted by atomic mass is 9.99. The number of amides is 1. The summed E-state index contributed by atoms with van der Waals surface area (Å²) in [6.07, 6.45) is 0.231. The molecule has 1 amide bonds. The number of furan rings is 1. The zero-order valence-electron chi connectivity index (χ0n) is 15.9. The van der Waals surface area contributed by atoms with Crippen LogP contribution in [0, 0.1) is 6.92 Å². The third-order valence-electron chi connectivity index (χ3n) is 4.39. The van der Waals surface area contributed by atoms with Gasteiger partial charge in [0.25, 0.3) is 0 Å². The number of benzene rings is 1. The third-order valence-corrected chi connectivity index (χ3v) is 5.30. The topological polar surface area (TPSA) is 81.2 Å². The highest BCUT2D eigenvalue weighted by atomic mass is 32.1. The summed E-state index contributed by atoms with van der Waals surface area (Å²) >= 11 is 1.47. The van der Waals surface area contributed by atoms with E-state index in [1.807, 2.05) is 36.6 Å². The van der Waals surface area contributed by atoms with E-state index in [-0.39, 0.29) is 18.4 Å². The second-order valence-electron chi connectivity index (χ2n) is 6.96. The Morgan fingerprint density at radius 2 is 1.89 bits per heavy atom. The predicted octanol–water partition coefficient (Wildman–Crippen LogP) is 4.19. The Balaban J connectivity index is 1.51. The number of carbonyl (C=O) groups excluding carboxylic acids is 1. The first-order chi connectivity index (χ1) is 12.9. The molecular formula is C21H25N3O2S. The summed E-state index contributed by atoms with van der Waals surface area (Å²) in [5, 5.41) is 5.57. The van der Waals surface area contributed by atoms with E-state index in [1.54, 1.807) is 0 Å². The summed E-state index contributed by atoms with van der Waals surface area (Å²) in [6.45, 7) is 6.61. The quantitative estimate of drug-likeness (QED) is 0.641. The lowest BCUT2D eigenvalue weighted by molar-refractivity contribution is -0.120. The molecule has 0 radical (unpaired) electrons. The smallest absolute Gasteiger partial charge is 0.226 e. The van der Waals surface area contributed by atoms with Crippen molar-refractivity contribution in [1.29, 1.82) is 0 Å². The number of hydrogen-bond acceptors (Lipinski definition) is 5. The summed E-state index contributed by atoms with van der Waals surface area (Å²) in [6, 6.07) is 11.8. The van der Waals surface area contributed by atoms with Crippen LogP contribution in [-0.2, 0) is 11.2 Å². The maximum atomic E-state index is 12.2. The van der Waals surface area contributed by atoms with Crippen molar-refractivity contribution in [2.24, 2.45) is 5.73 Å². The first-order valence-corrected chi connectivity index (χ1v) is 9.93. The highest BCUT2D eigenvalue weighted by Gasteiger charge is 2.13. The molecule has 5 nitrogen and oxygen atoms in total. The number of aryl methyl sites for hydroxylation is 1. The standard InChI is InChI=1S/C21H25N3O2S/c1-13(2)15-5-7-16(8-6-15)18(22)11-23-20(25)10-17-12-27-21(24-17)19-9-4-14(3)26-19/h4-9,12-13,18H,10-11,22H2,1-3H3,(H,23,25). The van der Waals surface area contributed by atoms with E-state index >= 15 is 0 Å². The van der Waals surface area contributed by atoms with Crippen LogP contribution in [0.15, 0.2) is 46.2 Å². The molecule has 1 aromatic carbocycles. The molecule has 0 spiro atoms. The molecule has 2 aromatic heterocycles. The molecule has 0 bridgehead atoms. The largest absolute Gasteiger partial charge is 0.459 e. The predicted molar refractivity (Wildman–Crippen MR) is 109 cm³/mol. The minimum Gasteiger partial charge on any atom is -0.459 e. The second-order valence-corrected chi connectivity index (χ2v) is 7.82. The molecule has 0 aliphatic heterocycles. The van der Waals surface area contributed by atoms with Gasteiger partial charge in [0.2, 0.25) is 5.91 Å². The average molecular weight is 384 g/mol. The minimum atomic E-state index is -0.229. The Morgan fingerprint density at radius 1 is 1.19 bits per heavy atom. The summed E-state index contributed by atoms with van der Waals surface area (Å²) < 4.78 is 5.57. The number of thiazole rings is 1. The zero-order valence-corrected chi connectivity index (χ0v) is 16.7. The number of rotatable bonds is 7. The van der Waals surface area contributed by atoms with Gasteiger partial charge in [0, 0.05) is 18.0 Å². The first-order valence-electron chi connectivity index (χ1n) is 9.05. The SMILES string of the molecule is Cc1ccc(-c2nc(CC(=O)NCC(N)c3ccc(C(C)C)cc3)cs2)o1. The van der Waals surface area contributed by atoms with Crippen molar-refractivity contribution in [3.63, 3.8) is 0 Å². The van der Waals surface area contributed by atoms with E-state index in [0.717, 1.165) is 27.8 Å². The Hall–Kier alpha value is -2.44. The molecule has 1 atom stereocenters. The van der Waals surface area contributed by atoms with E-state index in [9.17, 15) is 4.79 Å². The van der Waals surface area contributed by atoms with Gasteiger partial charge in [0.1, 0.15) is 5.76 Å². The van der Waals surface area contributed by atoms with Crippen LogP contribution < -0.4 is 11.1 Å². The van der Waals surface area contributed by atoms with Crippen LogP contribution in [-0.4, -0.2) is 17.4 Å². The van der Waals surface area contributed by atoms with Gasteiger partial charge in [0.15, 0.2) is 10.8 Å². The fraction of sp³-hybridized carbons (Fsp3) is 0.333. The van der Waals surface area contributed by atoms with Crippen molar-refractivity contribution in [3.8, 4) is 10.8 Å². The number of aromatic nitrogens is 1. The summed E-state index contributed by atoms with van der Waals surface area (Å²) in [7, 11) is 0. The third kappa shape index (κ3) is 5.05. The average Bonchev–Trinajstić information content (AvgIpc) is 3.28. The Morgan fingerprint density at radius 3 is 2.52 bits per heavy atom. The van der Waals surface area contributed by atoms with Crippen molar-refractivity contribution >= 4 is 17.2 Å². The number of nitrogens with one attached hydrogen (secondary N) is 1. The van der Waals surface area contributed by atoms with Crippen molar-refractivity contribution < 1.29 is 9.21 Å². The van der Waals surface area contributed by atoms with Gasteiger partial charge in [-0.2, -0.15) is 0 Å². The maximum absolute atomic E-state index is 12.2. The molecule has 0 aliphatic rings. The summed E-state index contributed by atoms with van der Waals surface area (Å²) in [5.41, 5.74) is 9.23. The maximum Gasteiger partial charge on any atom is 0.226 e. The minimum absolute atomic E-state index is 0.0864. The van der Waals surface area contributed by atoms with Crippen molar-refractivity contribution in [3.05, 3.63) is 64.4 Å². The molecule has 142 valence electrons. The molecule has 27 heavy (non-hydrogen) atoms. The molecule has 2 heterocycles. The van der Waals surface area contributed by atoms with E-state index in [2.05, 4.69) is 36.3 Å². The van der Waals surface area contributed by atoms with Gasteiger partial charge in [-0.05, 0) is 36.1 Å². The van der Waals surface area contributed by atoms with Crippen LogP contribution in [0.2, 0.25) is 0 Å². The van der Waals surface area contributed by atoms with Crippen molar-refractivity contribution in [1.82, 2.24) is 10.3 Å². The normalized spacial score (nSPS) is 12.3. The summed E-state index contributed by atoms with van der Waals surface area (Å²) in [5.74, 6) is 1.98. The van der Waals surface area contributed by atoms with Crippen LogP contribution in [0.5, 0.6) is 0 Å². The molecule has 3 aromatic rings. The molecule has 0 aliphatic carbocycles. The molecule has 0 saturated carbocycles.